The fourth-order valence-corrected chi connectivity index (χ4v) is 7.68. The zero-order valence-electron chi connectivity index (χ0n) is 27.6. The topological polar surface area (TPSA) is 25.8 Å². The molecule has 8 aromatic rings. The zero-order valence-corrected chi connectivity index (χ0v) is 27.6. The van der Waals surface area contributed by atoms with Gasteiger partial charge >= 0.3 is 0 Å². The summed E-state index contributed by atoms with van der Waals surface area (Å²) >= 11 is 0. The molecule has 232 valence electrons. The molecular weight excluding hydrogens is 593 g/mol. The normalized spacial score (nSPS) is 12.9. The van der Waals surface area contributed by atoms with Crippen molar-refractivity contribution in [3.63, 3.8) is 0 Å². The summed E-state index contributed by atoms with van der Waals surface area (Å²) in [5.74, 6) is 0.721. The molecule has 0 aliphatic heterocycles. The summed E-state index contributed by atoms with van der Waals surface area (Å²) in [6.45, 7) is 4.70. The fourth-order valence-electron chi connectivity index (χ4n) is 7.68. The molecule has 0 N–H and O–H groups in total. The van der Waals surface area contributed by atoms with Gasteiger partial charge in [-0.3, -0.25) is 0 Å². The number of rotatable bonds is 5. The van der Waals surface area contributed by atoms with Gasteiger partial charge in [0.1, 0.15) is 0 Å². The van der Waals surface area contributed by atoms with E-state index in [1.165, 1.54) is 49.9 Å². The third kappa shape index (κ3) is 4.96. The summed E-state index contributed by atoms with van der Waals surface area (Å²) in [6, 6.07) is 60.6. The van der Waals surface area contributed by atoms with E-state index in [2.05, 4.69) is 184 Å². The fraction of sp³-hybridized carbons (Fsp3) is 0.0638. The molecule has 0 radical (unpaired) electrons. The van der Waals surface area contributed by atoms with Gasteiger partial charge in [-0.15, -0.1) is 0 Å². The highest BCUT2D eigenvalue weighted by Gasteiger charge is 2.37. The number of hydrogen-bond acceptors (Lipinski definition) is 2. The van der Waals surface area contributed by atoms with E-state index in [-0.39, 0.29) is 5.41 Å². The Hall–Kier alpha value is -6.12. The zero-order chi connectivity index (χ0) is 33.0. The number of aromatic nitrogens is 2. The molecule has 0 bridgehead atoms. The Morgan fingerprint density at radius 1 is 0.388 bits per heavy atom. The lowest BCUT2D eigenvalue weighted by atomic mass is 9.78. The monoisotopic (exact) mass is 626 g/mol. The lowest BCUT2D eigenvalue weighted by Crippen LogP contribution is -2.16. The lowest BCUT2D eigenvalue weighted by molar-refractivity contribution is 0.662. The minimum atomic E-state index is -0.103. The van der Waals surface area contributed by atoms with Gasteiger partial charge in [-0.2, -0.15) is 0 Å². The van der Waals surface area contributed by atoms with Crippen LogP contribution in [0.15, 0.2) is 170 Å². The average molecular weight is 627 g/mol. The van der Waals surface area contributed by atoms with Crippen molar-refractivity contribution in [1.29, 1.82) is 0 Å². The van der Waals surface area contributed by atoms with E-state index < -0.39 is 0 Å². The van der Waals surface area contributed by atoms with Crippen LogP contribution in [0.5, 0.6) is 0 Å². The first-order valence-electron chi connectivity index (χ1n) is 16.9. The van der Waals surface area contributed by atoms with E-state index in [4.69, 9.17) is 9.97 Å². The number of benzene rings is 7. The van der Waals surface area contributed by atoms with E-state index in [0.29, 0.717) is 0 Å². The van der Waals surface area contributed by atoms with Crippen LogP contribution in [0.4, 0.5) is 0 Å². The Balaban J connectivity index is 1.20. The second kappa shape index (κ2) is 11.5. The minimum Gasteiger partial charge on any atom is -0.228 e. The minimum absolute atomic E-state index is 0.103. The molecule has 1 aliphatic carbocycles. The molecule has 1 aliphatic rings. The maximum atomic E-state index is 5.27. The molecule has 0 atom stereocenters. The molecule has 2 nitrogen and oxygen atoms in total. The van der Waals surface area contributed by atoms with Gasteiger partial charge in [-0.05, 0) is 67.4 Å². The Bertz CT molecular complexity index is 2500. The summed E-state index contributed by atoms with van der Waals surface area (Å²) in [6.07, 6.45) is 0. The van der Waals surface area contributed by atoms with Crippen LogP contribution in [0, 0.1) is 0 Å². The molecule has 1 aromatic heterocycles. The van der Waals surface area contributed by atoms with E-state index in [0.717, 1.165) is 39.3 Å². The Morgan fingerprint density at radius 3 is 1.80 bits per heavy atom. The molecule has 0 saturated carbocycles. The van der Waals surface area contributed by atoms with E-state index in [9.17, 15) is 0 Å². The quantitative estimate of drug-likeness (QED) is 0.190. The molecule has 1 heterocycles. The second-order valence-corrected chi connectivity index (χ2v) is 13.4. The smallest absolute Gasteiger partial charge is 0.161 e. The Labute approximate surface area is 287 Å². The molecule has 0 spiro atoms. The van der Waals surface area contributed by atoms with Crippen molar-refractivity contribution in [2.24, 2.45) is 0 Å². The van der Waals surface area contributed by atoms with Gasteiger partial charge in [0.05, 0.1) is 11.4 Å². The van der Waals surface area contributed by atoms with Gasteiger partial charge in [0.15, 0.2) is 5.82 Å². The van der Waals surface area contributed by atoms with Crippen molar-refractivity contribution in [3.05, 3.63) is 181 Å². The van der Waals surface area contributed by atoms with Crippen molar-refractivity contribution >= 4 is 10.8 Å². The predicted octanol–water partition coefficient (Wildman–Crippen LogP) is 12.3. The van der Waals surface area contributed by atoms with E-state index in [1.807, 2.05) is 0 Å². The highest BCUT2D eigenvalue weighted by atomic mass is 14.9. The first kappa shape index (κ1) is 29.1. The van der Waals surface area contributed by atoms with Crippen molar-refractivity contribution in [2.75, 3.05) is 0 Å². The third-order valence-electron chi connectivity index (χ3n) is 10.1. The first-order chi connectivity index (χ1) is 24.0. The molecule has 0 amide bonds. The van der Waals surface area contributed by atoms with E-state index >= 15 is 0 Å². The lowest BCUT2D eigenvalue weighted by Gasteiger charge is -2.24. The standard InChI is InChI=1S/C47H34N2/c1-47(2)42-24-9-8-20-39(42)40-22-12-21-38(45(40)47)35-17-10-18-36(29-35)44-30-43(34-27-25-32(26-28-34)31-13-4-3-5-14-31)48-46(49-44)41-23-11-16-33-15-6-7-19-37(33)41/h3-30H,1-2H3. The molecule has 0 saturated heterocycles. The van der Waals surface area contributed by atoms with Gasteiger partial charge in [0.25, 0.3) is 0 Å². The number of nitrogens with zero attached hydrogens (tertiary/aromatic N) is 2. The van der Waals surface area contributed by atoms with Crippen LogP contribution in [-0.2, 0) is 5.41 Å². The maximum absolute atomic E-state index is 5.27. The highest BCUT2D eigenvalue weighted by molar-refractivity contribution is 5.96. The molecule has 49 heavy (non-hydrogen) atoms. The molecule has 0 fully saturated rings. The van der Waals surface area contributed by atoms with Crippen LogP contribution in [0.25, 0.3) is 78.1 Å². The maximum Gasteiger partial charge on any atom is 0.161 e. The summed E-state index contributed by atoms with van der Waals surface area (Å²) < 4.78 is 0. The molecule has 2 heteroatoms. The summed E-state index contributed by atoms with van der Waals surface area (Å²) in [7, 11) is 0. The molecule has 9 rings (SSSR count). The third-order valence-corrected chi connectivity index (χ3v) is 10.1. The van der Waals surface area contributed by atoms with Crippen LogP contribution in [0.3, 0.4) is 0 Å². The van der Waals surface area contributed by atoms with Crippen LogP contribution in [-0.4, -0.2) is 9.97 Å². The van der Waals surface area contributed by atoms with Crippen molar-refractivity contribution in [1.82, 2.24) is 9.97 Å². The SMILES string of the molecule is CC1(C)c2ccccc2-c2cccc(-c3cccc(-c4cc(-c5ccc(-c6ccccc6)cc5)nc(-c5cccc6ccccc56)n4)c3)c21. The largest absolute Gasteiger partial charge is 0.228 e. The Kier molecular flexibility index (Phi) is 6.84. The highest BCUT2D eigenvalue weighted by Crippen LogP contribution is 2.52. The van der Waals surface area contributed by atoms with Crippen molar-refractivity contribution in [2.45, 2.75) is 19.3 Å². The van der Waals surface area contributed by atoms with Crippen LogP contribution in [0.2, 0.25) is 0 Å². The van der Waals surface area contributed by atoms with Gasteiger partial charge in [-0.1, -0.05) is 172 Å². The van der Waals surface area contributed by atoms with Crippen molar-refractivity contribution in [3.8, 4) is 67.3 Å². The van der Waals surface area contributed by atoms with Gasteiger partial charge in [0.2, 0.25) is 0 Å². The molecular formula is C47H34N2. The number of fused-ring (bicyclic) bond motifs is 4. The average Bonchev–Trinajstić information content (AvgIpc) is 3.41. The first-order valence-corrected chi connectivity index (χ1v) is 16.9. The van der Waals surface area contributed by atoms with Crippen LogP contribution >= 0.6 is 0 Å². The van der Waals surface area contributed by atoms with Crippen LogP contribution in [0.1, 0.15) is 25.0 Å². The molecule has 7 aromatic carbocycles. The van der Waals surface area contributed by atoms with E-state index in [1.54, 1.807) is 0 Å². The summed E-state index contributed by atoms with van der Waals surface area (Å²) in [5, 5.41) is 2.31. The summed E-state index contributed by atoms with van der Waals surface area (Å²) in [5.41, 5.74) is 15.1. The van der Waals surface area contributed by atoms with Gasteiger partial charge in [-0.25, -0.2) is 9.97 Å². The van der Waals surface area contributed by atoms with Crippen LogP contribution < -0.4 is 0 Å². The predicted molar refractivity (Wildman–Crippen MR) is 204 cm³/mol. The molecule has 0 unspecified atom stereocenters. The number of hydrogen-bond donors (Lipinski definition) is 0. The van der Waals surface area contributed by atoms with Crippen molar-refractivity contribution < 1.29 is 0 Å². The second-order valence-electron chi connectivity index (χ2n) is 13.4. The summed E-state index contributed by atoms with van der Waals surface area (Å²) in [4.78, 5) is 10.5. The van der Waals surface area contributed by atoms with Gasteiger partial charge < -0.3 is 0 Å². The van der Waals surface area contributed by atoms with Gasteiger partial charge in [0, 0.05) is 22.1 Å². The Morgan fingerprint density at radius 2 is 0.939 bits per heavy atom.